The van der Waals surface area contributed by atoms with Crippen molar-refractivity contribution >= 4 is 16.8 Å². The summed E-state index contributed by atoms with van der Waals surface area (Å²) < 4.78 is 41.7. The fourth-order valence-corrected chi connectivity index (χ4v) is 2.44. The first-order chi connectivity index (χ1) is 11.2. The fourth-order valence-electron chi connectivity index (χ4n) is 2.44. The van der Waals surface area contributed by atoms with Gasteiger partial charge in [0.05, 0.1) is 5.52 Å². The summed E-state index contributed by atoms with van der Waals surface area (Å²) in [4.78, 5) is 12.6. The smallest absolute Gasteiger partial charge is 0.508 e. The van der Waals surface area contributed by atoms with E-state index in [4.69, 9.17) is 0 Å². The lowest BCUT2D eigenvalue weighted by molar-refractivity contribution is -0.274. The number of ether oxygens (including phenoxy) is 1. The van der Waals surface area contributed by atoms with Crippen LogP contribution in [-0.4, -0.2) is 21.9 Å². The van der Waals surface area contributed by atoms with Gasteiger partial charge in [-0.2, -0.15) is 0 Å². The minimum atomic E-state index is -4.78. The van der Waals surface area contributed by atoms with Gasteiger partial charge in [-0.25, -0.2) is 0 Å². The molecule has 3 rings (SSSR count). The number of hydrogen-bond donors (Lipinski definition) is 1. The minimum absolute atomic E-state index is 0.0528. The Morgan fingerprint density at radius 3 is 2.46 bits per heavy atom. The van der Waals surface area contributed by atoms with E-state index in [0.29, 0.717) is 16.6 Å². The number of hydrogen-bond acceptors (Lipinski definition) is 3. The first-order valence-electron chi connectivity index (χ1n) is 6.88. The number of carbonyl (C=O) groups is 1. The normalized spacial score (nSPS) is 11.7. The summed E-state index contributed by atoms with van der Waals surface area (Å²) in [7, 11) is 0. The van der Waals surface area contributed by atoms with Crippen molar-refractivity contribution in [1.29, 1.82) is 0 Å². The van der Waals surface area contributed by atoms with Crippen molar-refractivity contribution in [3.63, 3.8) is 0 Å². The highest BCUT2D eigenvalue weighted by Gasteiger charge is 2.31. The fraction of sp³-hybridized carbons (Fsp3) is 0.118. The highest BCUT2D eigenvalue weighted by molar-refractivity contribution is 6.03. The monoisotopic (exact) mass is 334 g/mol. The predicted molar refractivity (Wildman–Crippen MR) is 80.0 cm³/mol. The maximum Gasteiger partial charge on any atom is 0.573 e. The van der Waals surface area contributed by atoms with Crippen LogP contribution in [0, 0.1) is 13.0 Å². The van der Waals surface area contributed by atoms with Gasteiger partial charge in [0.1, 0.15) is 11.5 Å². The molecule has 0 spiro atoms. The molecule has 0 aliphatic carbocycles. The largest absolute Gasteiger partial charge is 0.573 e. The Labute approximate surface area is 134 Å². The van der Waals surface area contributed by atoms with Crippen molar-refractivity contribution in [3.05, 3.63) is 59.8 Å². The third-order valence-electron chi connectivity index (χ3n) is 3.41. The molecular weight excluding hydrogens is 323 g/mol. The van der Waals surface area contributed by atoms with Crippen LogP contribution in [0.25, 0.3) is 10.9 Å². The van der Waals surface area contributed by atoms with Gasteiger partial charge in [-0.1, -0.05) is 0 Å². The van der Waals surface area contributed by atoms with Gasteiger partial charge < -0.3 is 9.84 Å². The molecule has 1 radical (unpaired) electrons. The van der Waals surface area contributed by atoms with Crippen molar-refractivity contribution in [2.24, 2.45) is 0 Å². The Kier molecular flexibility index (Phi) is 3.71. The second-order valence-corrected chi connectivity index (χ2v) is 5.12. The topological polar surface area (TPSA) is 51.5 Å². The Morgan fingerprint density at radius 1 is 1.17 bits per heavy atom. The molecule has 0 fully saturated rings. The second kappa shape index (κ2) is 5.59. The van der Waals surface area contributed by atoms with E-state index in [0.717, 1.165) is 12.1 Å². The minimum Gasteiger partial charge on any atom is -0.508 e. The van der Waals surface area contributed by atoms with E-state index in [2.05, 4.69) is 10.8 Å². The number of rotatable bonds is 2. The van der Waals surface area contributed by atoms with Gasteiger partial charge >= 0.3 is 6.36 Å². The Balaban J connectivity index is 1.96. The number of halogens is 3. The van der Waals surface area contributed by atoms with E-state index in [1.807, 2.05) is 0 Å². The van der Waals surface area contributed by atoms with Gasteiger partial charge in [-0.05, 0) is 49.4 Å². The number of nitrogens with zero attached hydrogens (tertiary/aromatic N) is 1. The van der Waals surface area contributed by atoms with Crippen LogP contribution in [0.2, 0.25) is 0 Å². The summed E-state index contributed by atoms with van der Waals surface area (Å²) in [5.41, 5.74) is 1.27. The van der Waals surface area contributed by atoms with E-state index >= 15 is 0 Å². The standard InChI is InChI=1S/C17H11F3NO3/c1-10-8-12-9-13(22)4-7-15(12)21(10)16(23)11-2-5-14(6-3-11)24-17(18,19)20/h2-7,9,22H,1H3. The molecule has 0 aliphatic rings. The number of alkyl halides is 3. The molecule has 0 saturated carbocycles. The summed E-state index contributed by atoms with van der Waals surface area (Å²) in [5, 5.41) is 10.1. The highest BCUT2D eigenvalue weighted by atomic mass is 19.4. The zero-order valence-electron chi connectivity index (χ0n) is 12.4. The predicted octanol–water partition coefficient (Wildman–Crippen LogP) is 4.04. The van der Waals surface area contributed by atoms with Crippen molar-refractivity contribution < 1.29 is 27.8 Å². The van der Waals surface area contributed by atoms with E-state index in [9.17, 15) is 23.1 Å². The van der Waals surface area contributed by atoms with Crippen LogP contribution >= 0.6 is 0 Å². The van der Waals surface area contributed by atoms with Crippen molar-refractivity contribution in [2.45, 2.75) is 13.3 Å². The summed E-state index contributed by atoms with van der Waals surface area (Å²) in [6, 6.07) is 12.1. The van der Waals surface area contributed by atoms with Crippen LogP contribution in [0.4, 0.5) is 13.2 Å². The van der Waals surface area contributed by atoms with Crippen LogP contribution in [0.1, 0.15) is 16.1 Å². The number of aryl methyl sites for hydroxylation is 1. The molecule has 0 saturated heterocycles. The number of aromatic nitrogens is 1. The average Bonchev–Trinajstić information content (AvgIpc) is 2.80. The molecule has 0 amide bonds. The lowest BCUT2D eigenvalue weighted by Crippen LogP contribution is -2.17. The van der Waals surface area contributed by atoms with Crippen LogP contribution < -0.4 is 4.74 Å². The molecule has 1 N–H and O–H groups in total. The Bertz CT molecular complexity index is 911. The highest BCUT2D eigenvalue weighted by Crippen LogP contribution is 2.26. The number of phenolic OH excluding ortho intramolecular Hbond substituents is 1. The maximum atomic E-state index is 12.6. The third kappa shape index (κ3) is 3.05. The van der Waals surface area contributed by atoms with E-state index < -0.39 is 18.0 Å². The average molecular weight is 334 g/mol. The molecule has 0 bridgehead atoms. The maximum absolute atomic E-state index is 12.6. The molecule has 0 unspecified atom stereocenters. The third-order valence-corrected chi connectivity index (χ3v) is 3.41. The quantitative estimate of drug-likeness (QED) is 0.769. The first-order valence-corrected chi connectivity index (χ1v) is 6.88. The summed E-state index contributed by atoms with van der Waals surface area (Å²) in [5.74, 6) is -0.760. The molecule has 123 valence electrons. The number of carbonyl (C=O) groups excluding carboxylic acids is 1. The van der Waals surface area contributed by atoms with Gasteiger partial charge in [-0.3, -0.25) is 9.36 Å². The van der Waals surface area contributed by atoms with Gasteiger partial charge in [0.2, 0.25) is 0 Å². The summed E-state index contributed by atoms with van der Waals surface area (Å²) in [6.45, 7) is 1.68. The van der Waals surface area contributed by atoms with Gasteiger partial charge in [0, 0.05) is 22.7 Å². The van der Waals surface area contributed by atoms with Crippen molar-refractivity contribution in [3.8, 4) is 11.5 Å². The second-order valence-electron chi connectivity index (χ2n) is 5.12. The van der Waals surface area contributed by atoms with E-state index in [-0.39, 0.29) is 11.3 Å². The van der Waals surface area contributed by atoms with Crippen LogP contribution in [0.5, 0.6) is 11.5 Å². The number of benzene rings is 2. The van der Waals surface area contributed by atoms with Crippen molar-refractivity contribution in [2.75, 3.05) is 0 Å². The molecule has 0 aliphatic heterocycles. The molecule has 4 nitrogen and oxygen atoms in total. The molecule has 7 heteroatoms. The van der Waals surface area contributed by atoms with Gasteiger partial charge in [0.15, 0.2) is 0 Å². The molecule has 24 heavy (non-hydrogen) atoms. The number of phenols is 1. The van der Waals surface area contributed by atoms with Gasteiger partial charge in [-0.15, -0.1) is 13.2 Å². The van der Waals surface area contributed by atoms with Crippen LogP contribution in [-0.2, 0) is 0 Å². The SMILES string of the molecule is Cc1[c]c2cc(O)ccc2n1C(=O)c1ccc(OC(F)(F)F)cc1. The number of fused-ring (bicyclic) bond motifs is 1. The first kappa shape index (κ1) is 15.9. The number of aromatic hydroxyl groups is 1. The lowest BCUT2D eigenvalue weighted by Gasteiger charge is -2.10. The Hall–Kier alpha value is -2.96. The lowest BCUT2D eigenvalue weighted by atomic mass is 10.2. The van der Waals surface area contributed by atoms with Crippen molar-refractivity contribution in [1.82, 2.24) is 4.57 Å². The van der Waals surface area contributed by atoms with Crippen LogP contribution in [0.3, 0.4) is 0 Å². The molecule has 0 atom stereocenters. The van der Waals surface area contributed by atoms with Gasteiger partial charge in [0.25, 0.3) is 5.91 Å². The molecular formula is C17H11F3NO3. The molecule has 2 aromatic carbocycles. The molecule has 1 aromatic heterocycles. The summed E-state index contributed by atoms with van der Waals surface area (Å²) >= 11 is 0. The zero-order valence-corrected chi connectivity index (χ0v) is 12.4. The summed E-state index contributed by atoms with van der Waals surface area (Å²) in [6.07, 6.45) is -4.78. The molecule has 1 heterocycles. The van der Waals surface area contributed by atoms with E-state index in [1.54, 1.807) is 13.0 Å². The molecule has 3 aromatic rings. The van der Waals surface area contributed by atoms with E-state index in [1.165, 1.54) is 28.8 Å². The Morgan fingerprint density at radius 2 is 1.83 bits per heavy atom. The van der Waals surface area contributed by atoms with Crippen LogP contribution in [0.15, 0.2) is 42.5 Å². The zero-order chi connectivity index (χ0) is 17.5.